The molecule has 0 fully saturated rings. The Morgan fingerprint density at radius 3 is 2.33 bits per heavy atom. The number of hydroxylamine groups is 2. The molecule has 1 heterocycles. The number of rotatable bonds is 5. The summed E-state index contributed by atoms with van der Waals surface area (Å²) in [5.74, 6) is -0.303. The molecule has 1 atom stereocenters. The average molecular weight is 255 g/mol. The van der Waals surface area contributed by atoms with Crippen molar-refractivity contribution in [2.75, 3.05) is 7.11 Å². The molecule has 18 heavy (non-hydrogen) atoms. The number of nitrogens with zero attached hydrogens (tertiary/aromatic N) is 2. The lowest BCUT2D eigenvalue weighted by Crippen LogP contribution is -2.53. The van der Waals surface area contributed by atoms with Crippen LogP contribution in [-0.2, 0) is 14.7 Å². The van der Waals surface area contributed by atoms with E-state index < -0.39 is 11.2 Å². The molecule has 0 N–H and O–H groups in total. The minimum Gasteiger partial charge on any atom is -0.469 e. The van der Waals surface area contributed by atoms with Crippen LogP contribution in [0.1, 0.15) is 53.4 Å². The Morgan fingerprint density at radius 2 is 1.94 bits per heavy atom. The number of hydrogen-bond donors (Lipinski definition) is 0. The minimum atomic E-state index is -0.843. The van der Waals surface area contributed by atoms with E-state index in [1.165, 1.54) is 7.11 Å². The third-order valence-electron chi connectivity index (χ3n) is 4.11. The van der Waals surface area contributed by atoms with Crippen LogP contribution >= 0.6 is 0 Å². The standard InChI is InChI=1S/C13H23N2O3/c1-6-13(7-2)10(3)14-12(4,15(13)17)9-8-11(16)18-5/h6-9H2,1-5H3. The van der Waals surface area contributed by atoms with E-state index >= 15 is 0 Å². The zero-order chi connectivity index (χ0) is 14.0. The first-order valence-electron chi connectivity index (χ1n) is 6.47. The maximum Gasteiger partial charge on any atom is 0.305 e. The van der Waals surface area contributed by atoms with Crippen molar-refractivity contribution in [1.82, 2.24) is 5.06 Å². The van der Waals surface area contributed by atoms with E-state index in [-0.39, 0.29) is 12.4 Å². The van der Waals surface area contributed by atoms with Crippen LogP contribution in [0.4, 0.5) is 0 Å². The lowest BCUT2D eigenvalue weighted by Gasteiger charge is -2.37. The van der Waals surface area contributed by atoms with Gasteiger partial charge in [0.05, 0.1) is 12.6 Å². The fourth-order valence-electron chi connectivity index (χ4n) is 2.77. The van der Waals surface area contributed by atoms with E-state index in [1.54, 1.807) is 6.92 Å². The van der Waals surface area contributed by atoms with Crippen molar-refractivity contribution in [1.29, 1.82) is 0 Å². The Labute approximate surface area is 109 Å². The predicted molar refractivity (Wildman–Crippen MR) is 68.6 cm³/mol. The van der Waals surface area contributed by atoms with E-state index in [2.05, 4.69) is 9.73 Å². The molecule has 0 aromatic heterocycles. The van der Waals surface area contributed by atoms with Crippen molar-refractivity contribution in [2.24, 2.45) is 4.99 Å². The first-order chi connectivity index (χ1) is 8.36. The van der Waals surface area contributed by atoms with Gasteiger partial charge in [-0.1, -0.05) is 13.8 Å². The Bertz CT molecular complexity index is 350. The highest BCUT2D eigenvalue weighted by molar-refractivity contribution is 5.93. The Kier molecular flexibility index (Phi) is 4.50. The van der Waals surface area contributed by atoms with Gasteiger partial charge in [-0.25, -0.2) is 0 Å². The molecular weight excluding hydrogens is 232 g/mol. The second-order valence-electron chi connectivity index (χ2n) is 5.02. The van der Waals surface area contributed by atoms with E-state index in [0.29, 0.717) is 6.42 Å². The van der Waals surface area contributed by atoms with Gasteiger partial charge < -0.3 is 4.74 Å². The van der Waals surface area contributed by atoms with Crippen molar-refractivity contribution >= 4 is 11.7 Å². The Morgan fingerprint density at radius 1 is 1.39 bits per heavy atom. The van der Waals surface area contributed by atoms with Gasteiger partial charge in [-0.3, -0.25) is 9.79 Å². The fraction of sp³-hybridized carbons (Fsp3) is 0.846. The van der Waals surface area contributed by atoms with Crippen molar-refractivity contribution in [3.8, 4) is 0 Å². The van der Waals surface area contributed by atoms with Crippen LogP contribution in [-0.4, -0.2) is 35.1 Å². The van der Waals surface area contributed by atoms with Gasteiger partial charge in [0.2, 0.25) is 0 Å². The number of hydrogen-bond acceptors (Lipinski definition) is 4. The quantitative estimate of drug-likeness (QED) is 0.708. The van der Waals surface area contributed by atoms with Crippen LogP contribution in [0.5, 0.6) is 0 Å². The average Bonchev–Trinajstić information content (AvgIpc) is 2.55. The molecule has 0 spiro atoms. The van der Waals surface area contributed by atoms with Crippen molar-refractivity contribution < 1.29 is 14.7 Å². The fourth-order valence-corrected chi connectivity index (χ4v) is 2.77. The van der Waals surface area contributed by atoms with Crippen LogP contribution < -0.4 is 0 Å². The van der Waals surface area contributed by atoms with Crippen LogP contribution in [0.2, 0.25) is 0 Å². The molecule has 0 amide bonds. The second-order valence-corrected chi connectivity index (χ2v) is 5.02. The summed E-state index contributed by atoms with van der Waals surface area (Å²) in [6.07, 6.45) is 2.07. The molecule has 1 aliphatic rings. The van der Waals surface area contributed by atoms with Crippen molar-refractivity contribution in [3.63, 3.8) is 0 Å². The lowest BCUT2D eigenvalue weighted by molar-refractivity contribution is -0.256. The van der Waals surface area contributed by atoms with E-state index in [4.69, 9.17) is 0 Å². The molecule has 1 radical (unpaired) electrons. The Balaban J connectivity index is 2.89. The number of carbonyl (C=O) groups excluding carboxylic acids is 1. The summed E-state index contributed by atoms with van der Waals surface area (Å²) in [5.41, 5.74) is -0.482. The van der Waals surface area contributed by atoms with Crippen LogP contribution in [0.15, 0.2) is 4.99 Å². The molecule has 103 valence electrons. The third kappa shape index (κ3) is 2.29. The number of esters is 1. The topological polar surface area (TPSA) is 61.8 Å². The predicted octanol–water partition coefficient (Wildman–Crippen LogP) is 2.34. The van der Waals surface area contributed by atoms with Gasteiger partial charge >= 0.3 is 5.97 Å². The summed E-state index contributed by atoms with van der Waals surface area (Å²) < 4.78 is 4.61. The molecule has 0 aromatic carbocycles. The van der Waals surface area contributed by atoms with Crippen LogP contribution in [0.3, 0.4) is 0 Å². The molecule has 0 saturated carbocycles. The molecule has 5 nitrogen and oxygen atoms in total. The summed E-state index contributed by atoms with van der Waals surface area (Å²) in [7, 11) is 1.35. The van der Waals surface area contributed by atoms with Gasteiger partial charge in [0.25, 0.3) is 0 Å². The molecule has 5 heteroatoms. The summed E-state index contributed by atoms with van der Waals surface area (Å²) in [5, 5.41) is 13.7. The van der Waals surface area contributed by atoms with Crippen molar-refractivity contribution in [2.45, 2.75) is 64.6 Å². The highest BCUT2D eigenvalue weighted by atomic mass is 16.5. The summed E-state index contributed by atoms with van der Waals surface area (Å²) in [6.45, 7) is 7.69. The number of aliphatic imine (C=N–C) groups is 1. The molecule has 0 saturated heterocycles. The molecular formula is C13H23N2O3. The number of methoxy groups -OCH3 is 1. The van der Waals surface area contributed by atoms with Crippen molar-refractivity contribution in [3.05, 3.63) is 0 Å². The normalized spacial score (nSPS) is 27.1. The van der Waals surface area contributed by atoms with E-state index in [0.717, 1.165) is 23.6 Å². The Hall–Kier alpha value is -0.940. The smallest absolute Gasteiger partial charge is 0.305 e. The van der Waals surface area contributed by atoms with E-state index in [1.807, 2.05) is 20.8 Å². The molecule has 1 aliphatic heterocycles. The van der Waals surface area contributed by atoms with Gasteiger partial charge in [-0.05, 0) is 33.1 Å². The zero-order valence-electron chi connectivity index (χ0n) is 11.9. The number of ether oxygens (including phenoxy) is 1. The third-order valence-corrected chi connectivity index (χ3v) is 4.11. The van der Waals surface area contributed by atoms with Crippen LogP contribution in [0, 0.1) is 0 Å². The van der Waals surface area contributed by atoms with Gasteiger partial charge in [0.15, 0.2) is 0 Å². The summed E-state index contributed by atoms with van der Waals surface area (Å²) >= 11 is 0. The molecule has 1 rings (SSSR count). The van der Waals surface area contributed by atoms with Gasteiger partial charge in [0.1, 0.15) is 5.66 Å². The highest BCUT2D eigenvalue weighted by Crippen LogP contribution is 2.40. The maximum absolute atomic E-state index is 12.6. The summed E-state index contributed by atoms with van der Waals surface area (Å²) in [4.78, 5) is 15.7. The SMILES string of the molecule is CCC1(CC)C(C)=NC(C)(CCC(=O)OC)N1[O]. The molecule has 1 unspecified atom stereocenters. The molecule has 0 aromatic rings. The second kappa shape index (κ2) is 5.36. The van der Waals surface area contributed by atoms with Gasteiger partial charge in [-0.15, -0.1) is 10.3 Å². The van der Waals surface area contributed by atoms with Gasteiger partial charge in [-0.2, -0.15) is 0 Å². The monoisotopic (exact) mass is 255 g/mol. The largest absolute Gasteiger partial charge is 0.469 e. The summed E-state index contributed by atoms with van der Waals surface area (Å²) in [6, 6.07) is 0. The van der Waals surface area contributed by atoms with E-state index in [9.17, 15) is 10.0 Å². The zero-order valence-corrected chi connectivity index (χ0v) is 11.9. The maximum atomic E-state index is 12.6. The highest BCUT2D eigenvalue weighted by Gasteiger charge is 2.52. The first kappa shape index (κ1) is 15.1. The first-order valence-corrected chi connectivity index (χ1v) is 6.47. The molecule has 0 aliphatic carbocycles. The van der Waals surface area contributed by atoms with Gasteiger partial charge in [0, 0.05) is 12.1 Å². The minimum absolute atomic E-state index is 0.214. The van der Waals surface area contributed by atoms with Crippen LogP contribution in [0.25, 0.3) is 0 Å². The number of carbonyl (C=O) groups is 1. The lowest BCUT2D eigenvalue weighted by atomic mass is 9.88. The molecule has 0 bridgehead atoms.